The van der Waals surface area contributed by atoms with Gasteiger partial charge >= 0.3 is 11.9 Å². The molecule has 3 rings (SSSR count). The molecule has 1 saturated heterocycles. The minimum absolute atomic E-state index is 0.0553. The second-order valence-electron chi connectivity index (χ2n) is 6.56. The van der Waals surface area contributed by atoms with Gasteiger partial charge in [-0.05, 0) is 20.3 Å². The van der Waals surface area contributed by atoms with Gasteiger partial charge in [0.2, 0.25) is 0 Å². The summed E-state index contributed by atoms with van der Waals surface area (Å²) in [7, 11) is 0. The molecule has 0 aromatic rings. The number of hydrogen-bond acceptors (Lipinski definition) is 4. The molecule has 0 unspecified atom stereocenters. The summed E-state index contributed by atoms with van der Waals surface area (Å²) in [6, 6.07) is 0. The Morgan fingerprint density at radius 3 is 2.76 bits per heavy atom. The van der Waals surface area contributed by atoms with Gasteiger partial charge in [0, 0.05) is 25.2 Å². The Morgan fingerprint density at radius 1 is 1.38 bits per heavy atom. The van der Waals surface area contributed by atoms with Crippen molar-refractivity contribution >= 4 is 11.9 Å². The lowest BCUT2D eigenvalue weighted by atomic mass is 9.80. The molecule has 0 amide bonds. The van der Waals surface area contributed by atoms with Crippen LogP contribution in [0.1, 0.15) is 40.5 Å². The van der Waals surface area contributed by atoms with Crippen LogP contribution in [0, 0.1) is 17.8 Å². The fourth-order valence-electron chi connectivity index (χ4n) is 4.18. The van der Waals surface area contributed by atoms with E-state index in [4.69, 9.17) is 9.47 Å². The molecular formula is C17H22O4. The highest BCUT2D eigenvalue weighted by Crippen LogP contribution is 2.49. The van der Waals surface area contributed by atoms with Gasteiger partial charge < -0.3 is 9.47 Å². The van der Waals surface area contributed by atoms with E-state index in [1.807, 2.05) is 6.92 Å². The maximum Gasteiger partial charge on any atom is 0.309 e. The van der Waals surface area contributed by atoms with Crippen molar-refractivity contribution in [3.63, 3.8) is 0 Å². The minimum Gasteiger partial charge on any atom is -0.462 e. The summed E-state index contributed by atoms with van der Waals surface area (Å²) >= 11 is 0. The number of allylic oxidation sites excluding steroid dienone is 1. The lowest BCUT2D eigenvalue weighted by Crippen LogP contribution is -2.37. The highest BCUT2D eigenvalue weighted by molar-refractivity contribution is 5.75. The molecule has 2 aliphatic carbocycles. The van der Waals surface area contributed by atoms with Gasteiger partial charge in [-0.3, -0.25) is 9.59 Å². The molecule has 0 aromatic heterocycles. The van der Waals surface area contributed by atoms with Crippen LogP contribution in [0.2, 0.25) is 0 Å². The van der Waals surface area contributed by atoms with Crippen molar-refractivity contribution in [2.75, 3.05) is 0 Å². The van der Waals surface area contributed by atoms with E-state index in [-0.39, 0.29) is 41.9 Å². The Balaban J connectivity index is 2.03. The smallest absolute Gasteiger partial charge is 0.309 e. The lowest BCUT2D eigenvalue weighted by Gasteiger charge is -2.29. The van der Waals surface area contributed by atoms with Crippen LogP contribution in [0.25, 0.3) is 0 Å². The minimum atomic E-state index is -0.289. The third kappa shape index (κ3) is 2.21. The van der Waals surface area contributed by atoms with Crippen molar-refractivity contribution in [3.05, 3.63) is 22.8 Å². The molecule has 3 aliphatic rings. The van der Waals surface area contributed by atoms with Gasteiger partial charge in [0.15, 0.2) is 0 Å². The molecule has 21 heavy (non-hydrogen) atoms. The topological polar surface area (TPSA) is 52.6 Å². The summed E-state index contributed by atoms with van der Waals surface area (Å²) < 4.78 is 11.2. The number of ether oxygens (including phenoxy) is 2. The van der Waals surface area contributed by atoms with Gasteiger partial charge in [-0.25, -0.2) is 0 Å². The molecule has 114 valence electrons. The van der Waals surface area contributed by atoms with Gasteiger partial charge in [0.05, 0.1) is 5.92 Å². The molecule has 0 N–H and O–H groups in total. The molecule has 0 bridgehead atoms. The average Bonchev–Trinajstić information content (AvgIpc) is 2.86. The summed E-state index contributed by atoms with van der Waals surface area (Å²) in [5.74, 6) is -0.562. The van der Waals surface area contributed by atoms with Crippen LogP contribution in [0.15, 0.2) is 22.8 Å². The second-order valence-corrected chi connectivity index (χ2v) is 6.56. The van der Waals surface area contributed by atoms with Gasteiger partial charge in [0.25, 0.3) is 0 Å². The molecule has 0 spiro atoms. The Hall–Kier alpha value is -1.58. The van der Waals surface area contributed by atoms with Crippen molar-refractivity contribution in [1.82, 2.24) is 0 Å². The maximum atomic E-state index is 12.1. The maximum absolute atomic E-state index is 12.1. The molecule has 1 fully saturated rings. The fourth-order valence-corrected chi connectivity index (χ4v) is 4.18. The molecule has 0 radical (unpaired) electrons. The van der Waals surface area contributed by atoms with E-state index < -0.39 is 0 Å². The van der Waals surface area contributed by atoms with Gasteiger partial charge in [-0.1, -0.05) is 29.7 Å². The first-order chi connectivity index (χ1) is 9.90. The first-order valence-corrected chi connectivity index (χ1v) is 7.63. The zero-order valence-electron chi connectivity index (χ0n) is 13.0. The zero-order valence-corrected chi connectivity index (χ0v) is 13.0. The molecular weight excluding hydrogens is 268 g/mol. The lowest BCUT2D eigenvalue weighted by molar-refractivity contribution is -0.150. The molecule has 5 atom stereocenters. The highest BCUT2D eigenvalue weighted by atomic mass is 16.6. The van der Waals surface area contributed by atoms with Crippen molar-refractivity contribution < 1.29 is 19.1 Å². The zero-order chi connectivity index (χ0) is 15.3. The van der Waals surface area contributed by atoms with Crippen LogP contribution in [0.4, 0.5) is 0 Å². The number of carbonyl (C=O) groups excluding carboxylic acids is 2. The molecule has 0 aromatic carbocycles. The summed E-state index contributed by atoms with van der Waals surface area (Å²) in [6.45, 7) is 7.53. The Bertz CT molecular complexity index is 557. The van der Waals surface area contributed by atoms with E-state index in [2.05, 4.69) is 19.9 Å². The van der Waals surface area contributed by atoms with Gasteiger partial charge in [-0.2, -0.15) is 0 Å². The normalized spacial score (nSPS) is 38.4. The largest absolute Gasteiger partial charge is 0.462 e. The van der Waals surface area contributed by atoms with E-state index in [9.17, 15) is 9.59 Å². The number of hydrogen-bond donors (Lipinski definition) is 0. The number of fused-ring (bicyclic) bond motifs is 3. The van der Waals surface area contributed by atoms with Crippen LogP contribution < -0.4 is 0 Å². The Morgan fingerprint density at radius 2 is 2.10 bits per heavy atom. The first kappa shape index (κ1) is 14.4. The van der Waals surface area contributed by atoms with Crippen LogP contribution in [-0.4, -0.2) is 24.1 Å². The predicted octanol–water partition coefficient (Wildman–Crippen LogP) is 2.78. The van der Waals surface area contributed by atoms with Crippen LogP contribution in [0.5, 0.6) is 0 Å². The van der Waals surface area contributed by atoms with E-state index in [0.717, 1.165) is 6.42 Å². The third-order valence-corrected chi connectivity index (χ3v) is 5.22. The monoisotopic (exact) mass is 290 g/mol. The molecule has 0 saturated carbocycles. The van der Waals surface area contributed by atoms with Crippen molar-refractivity contribution in [3.8, 4) is 0 Å². The highest BCUT2D eigenvalue weighted by Gasteiger charge is 2.53. The second kappa shape index (κ2) is 5.00. The standard InChI is InChI=1S/C17H22O4/c1-8-5-6-12-9(2)7-13(20-11(4)18)15-10(3)17(19)21-16(15)14(8)12/h5,10,13-16H,6-7H2,1-4H3/t10-,13-,14-,15+,16+/m0/s1. The molecule has 1 aliphatic heterocycles. The van der Waals surface area contributed by atoms with Crippen molar-refractivity contribution in [1.29, 1.82) is 0 Å². The predicted molar refractivity (Wildman–Crippen MR) is 77.3 cm³/mol. The van der Waals surface area contributed by atoms with E-state index in [1.165, 1.54) is 23.6 Å². The summed E-state index contributed by atoms with van der Waals surface area (Å²) in [4.78, 5) is 23.5. The van der Waals surface area contributed by atoms with Crippen molar-refractivity contribution in [2.24, 2.45) is 17.8 Å². The summed E-state index contributed by atoms with van der Waals surface area (Å²) in [6.07, 6.45) is 3.39. The summed E-state index contributed by atoms with van der Waals surface area (Å²) in [5.41, 5.74) is 3.89. The quantitative estimate of drug-likeness (QED) is 0.550. The molecule has 4 heteroatoms. The Kier molecular flexibility index (Phi) is 3.42. The third-order valence-electron chi connectivity index (χ3n) is 5.22. The van der Waals surface area contributed by atoms with E-state index >= 15 is 0 Å². The Labute approximate surface area is 125 Å². The van der Waals surface area contributed by atoms with E-state index in [1.54, 1.807) is 0 Å². The van der Waals surface area contributed by atoms with Crippen molar-refractivity contribution in [2.45, 2.75) is 52.7 Å². The van der Waals surface area contributed by atoms with Crippen LogP contribution in [-0.2, 0) is 19.1 Å². The molecule has 1 heterocycles. The number of rotatable bonds is 1. The van der Waals surface area contributed by atoms with Crippen LogP contribution >= 0.6 is 0 Å². The number of carbonyl (C=O) groups is 2. The van der Waals surface area contributed by atoms with Crippen LogP contribution in [0.3, 0.4) is 0 Å². The SMILES string of the molecule is CC(=O)O[C@H]1CC(C)=C2CC=C(C)[C@@H]2[C@H]2OC(=O)[C@@H](C)[C@@H]21. The van der Waals surface area contributed by atoms with Gasteiger partial charge in [-0.15, -0.1) is 0 Å². The van der Waals surface area contributed by atoms with E-state index in [0.29, 0.717) is 6.42 Å². The van der Waals surface area contributed by atoms with Gasteiger partial charge in [0.1, 0.15) is 12.2 Å². The fraction of sp³-hybridized carbons (Fsp3) is 0.647. The summed E-state index contributed by atoms with van der Waals surface area (Å²) in [5, 5.41) is 0. The first-order valence-electron chi connectivity index (χ1n) is 7.63. The molecule has 4 nitrogen and oxygen atoms in total. The average molecular weight is 290 g/mol. The number of esters is 2.